The fraction of sp³-hybridized carbons (Fsp3) is 0.538. The van der Waals surface area contributed by atoms with E-state index in [1.165, 1.54) is 6.07 Å². The number of nitrogens with zero attached hydrogens (tertiary/aromatic N) is 1. The van der Waals surface area contributed by atoms with Crippen molar-refractivity contribution >= 4 is 28.7 Å². The maximum Gasteiger partial charge on any atom is 0.169 e. The summed E-state index contributed by atoms with van der Waals surface area (Å²) in [4.78, 5) is 2.08. The quantitative estimate of drug-likeness (QED) is 0.729. The molecule has 19 heavy (non-hydrogen) atoms. The maximum absolute atomic E-state index is 14.0. The Labute approximate surface area is 118 Å². The topological polar surface area (TPSA) is 67.3 Å². The molecule has 108 valence electrons. The Kier molecular flexibility index (Phi) is 4.87. The standard InChI is InChI=1S/C13H22ClFN4/c1-13(2,7-19(3)4)6-18-12-9(17)5-8(16)10(14)11(12)15/h5,18H,6-7,16-17H2,1-4H3. The van der Waals surface area contributed by atoms with Crippen molar-refractivity contribution < 1.29 is 4.39 Å². The van der Waals surface area contributed by atoms with Crippen molar-refractivity contribution in [3.05, 3.63) is 16.9 Å². The Bertz CT molecular complexity index is 460. The maximum atomic E-state index is 14.0. The van der Waals surface area contributed by atoms with E-state index in [9.17, 15) is 4.39 Å². The van der Waals surface area contributed by atoms with E-state index < -0.39 is 5.82 Å². The largest absolute Gasteiger partial charge is 0.397 e. The summed E-state index contributed by atoms with van der Waals surface area (Å²) in [7, 11) is 3.99. The molecule has 0 saturated heterocycles. The highest BCUT2D eigenvalue weighted by molar-refractivity contribution is 6.33. The van der Waals surface area contributed by atoms with Gasteiger partial charge in [-0.2, -0.15) is 0 Å². The molecule has 0 amide bonds. The third kappa shape index (κ3) is 4.14. The van der Waals surface area contributed by atoms with Gasteiger partial charge in [-0.25, -0.2) is 4.39 Å². The zero-order chi connectivity index (χ0) is 14.8. The number of anilines is 3. The third-order valence-electron chi connectivity index (χ3n) is 2.75. The van der Waals surface area contributed by atoms with Crippen LogP contribution in [0.15, 0.2) is 6.07 Å². The first-order chi connectivity index (χ1) is 8.64. The molecule has 5 N–H and O–H groups in total. The lowest BCUT2D eigenvalue weighted by Crippen LogP contribution is -2.34. The SMILES string of the molecule is CN(C)CC(C)(C)CNc1c(N)cc(N)c(Cl)c1F. The van der Waals surface area contributed by atoms with Crippen molar-refractivity contribution in [2.75, 3.05) is 44.0 Å². The Balaban J connectivity index is 2.87. The van der Waals surface area contributed by atoms with Crippen LogP contribution in [0.1, 0.15) is 13.8 Å². The Morgan fingerprint density at radius 1 is 1.32 bits per heavy atom. The number of hydrogen-bond acceptors (Lipinski definition) is 4. The molecule has 0 aromatic heterocycles. The predicted molar refractivity (Wildman–Crippen MR) is 81.1 cm³/mol. The van der Waals surface area contributed by atoms with Gasteiger partial charge in [-0.15, -0.1) is 0 Å². The second kappa shape index (κ2) is 5.84. The highest BCUT2D eigenvalue weighted by atomic mass is 35.5. The van der Waals surface area contributed by atoms with Crippen molar-refractivity contribution in [1.29, 1.82) is 0 Å². The molecule has 0 atom stereocenters. The predicted octanol–water partition coefficient (Wildman–Crippen LogP) is 2.64. The van der Waals surface area contributed by atoms with Gasteiger partial charge in [0, 0.05) is 13.1 Å². The molecule has 0 spiro atoms. The van der Waals surface area contributed by atoms with E-state index in [0.717, 1.165) is 6.54 Å². The average molecular weight is 289 g/mol. The lowest BCUT2D eigenvalue weighted by atomic mass is 9.93. The van der Waals surface area contributed by atoms with Crippen LogP contribution in [-0.4, -0.2) is 32.1 Å². The van der Waals surface area contributed by atoms with Crippen molar-refractivity contribution in [3.8, 4) is 0 Å². The van der Waals surface area contributed by atoms with E-state index in [1.54, 1.807) is 0 Å². The molecular weight excluding hydrogens is 267 g/mol. The van der Waals surface area contributed by atoms with Crippen LogP contribution >= 0.6 is 11.6 Å². The van der Waals surface area contributed by atoms with Gasteiger partial charge >= 0.3 is 0 Å². The van der Waals surface area contributed by atoms with Gasteiger partial charge in [0.05, 0.1) is 17.1 Å². The van der Waals surface area contributed by atoms with Crippen LogP contribution < -0.4 is 16.8 Å². The summed E-state index contributed by atoms with van der Waals surface area (Å²) < 4.78 is 14.0. The van der Waals surface area contributed by atoms with E-state index in [-0.39, 0.29) is 27.5 Å². The van der Waals surface area contributed by atoms with E-state index in [0.29, 0.717) is 6.54 Å². The van der Waals surface area contributed by atoms with Gasteiger partial charge in [-0.05, 0) is 25.6 Å². The lowest BCUT2D eigenvalue weighted by molar-refractivity contribution is 0.254. The third-order valence-corrected chi connectivity index (χ3v) is 3.14. The van der Waals surface area contributed by atoms with Crippen molar-refractivity contribution in [2.24, 2.45) is 5.41 Å². The van der Waals surface area contributed by atoms with E-state index in [4.69, 9.17) is 23.1 Å². The van der Waals surface area contributed by atoms with E-state index in [2.05, 4.69) is 24.1 Å². The van der Waals surface area contributed by atoms with Crippen LogP contribution in [0.3, 0.4) is 0 Å². The second-order valence-electron chi connectivity index (χ2n) is 5.81. The molecule has 0 saturated carbocycles. The number of rotatable bonds is 5. The van der Waals surface area contributed by atoms with Crippen LogP contribution in [0.25, 0.3) is 0 Å². The first-order valence-electron chi connectivity index (χ1n) is 6.05. The van der Waals surface area contributed by atoms with Gasteiger partial charge in [-0.1, -0.05) is 25.4 Å². The normalized spacial score (nSPS) is 11.9. The number of nitrogen functional groups attached to an aromatic ring is 2. The lowest BCUT2D eigenvalue weighted by Gasteiger charge is -2.29. The summed E-state index contributed by atoms with van der Waals surface area (Å²) in [5, 5.41) is 2.93. The smallest absolute Gasteiger partial charge is 0.169 e. The molecule has 0 aliphatic carbocycles. The van der Waals surface area contributed by atoms with Crippen LogP contribution in [0.5, 0.6) is 0 Å². The first kappa shape index (κ1) is 15.9. The molecule has 0 bridgehead atoms. The van der Waals surface area contributed by atoms with Gasteiger partial charge in [0.15, 0.2) is 5.82 Å². The average Bonchev–Trinajstić information content (AvgIpc) is 2.24. The molecule has 6 heteroatoms. The van der Waals surface area contributed by atoms with Crippen LogP contribution in [0.4, 0.5) is 21.5 Å². The first-order valence-corrected chi connectivity index (χ1v) is 6.43. The van der Waals surface area contributed by atoms with Gasteiger partial charge in [0.1, 0.15) is 5.02 Å². The molecule has 1 aromatic rings. The Hall–Kier alpha value is -1.20. The fourth-order valence-corrected chi connectivity index (χ4v) is 2.23. The molecule has 0 radical (unpaired) electrons. The number of benzene rings is 1. The number of nitrogens with two attached hydrogens (primary N) is 2. The summed E-state index contributed by atoms with van der Waals surface area (Å²) in [6, 6.07) is 1.46. The minimum atomic E-state index is -0.597. The van der Waals surface area contributed by atoms with E-state index in [1.807, 2.05) is 14.1 Å². The minimum absolute atomic E-state index is 0.0315. The molecule has 4 nitrogen and oxygen atoms in total. The van der Waals surface area contributed by atoms with Gasteiger partial charge in [0.25, 0.3) is 0 Å². The zero-order valence-corrected chi connectivity index (χ0v) is 12.6. The summed E-state index contributed by atoms with van der Waals surface area (Å²) in [5.74, 6) is -0.597. The van der Waals surface area contributed by atoms with Crippen LogP contribution in [0.2, 0.25) is 5.02 Å². The summed E-state index contributed by atoms with van der Waals surface area (Å²) in [5.41, 5.74) is 11.9. The Morgan fingerprint density at radius 3 is 2.42 bits per heavy atom. The highest BCUT2D eigenvalue weighted by Gasteiger charge is 2.21. The molecular formula is C13H22ClFN4. The summed E-state index contributed by atoms with van der Waals surface area (Å²) >= 11 is 5.79. The van der Waals surface area contributed by atoms with Crippen LogP contribution in [0, 0.1) is 11.2 Å². The fourth-order valence-electron chi connectivity index (χ4n) is 2.09. The minimum Gasteiger partial charge on any atom is -0.397 e. The second-order valence-corrected chi connectivity index (χ2v) is 6.19. The molecule has 1 rings (SSSR count). The van der Waals surface area contributed by atoms with Crippen LogP contribution in [-0.2, 0) is 0 Å². The summed E-state index contributed by atoms with van der Waals surface area (Å²) in [6.45, 7) is 5.62. The van der Waals surface area contributed by atoms with Gasteiger partial charge in [0.2, 0.25) is 0 Å². The van der Waals surface area contributed by atoms with Crippen molar-refractivity contribution in [3.63, 3.8) is 0 Å². The molecule has 1 aromatic carbocycles. The van der Waals surface area contributed by atoms with Crippen molar-refractivity contribution in [2.45, 2.75) is 13.8 Å². The monoisotopic (exact) mass is 288 g/mol. The highest BCUT2D eigenvalue weighted by Crippen LogP contribution is 2.34. The van der Waals surface area contributed by atoms with Crippen molar-refractivity contribution in [1.82, 2.24) is 4.90 Å². The number of nitrogens with one attached hydrogen (secondary N) is 1. The van der Waals surface area contributed by atoms with E-state index >= 15 is 0 Å². The molecule has 0 aliphatic heterocycles. The van der Waals surface area contributed by atoms with Gasteiger partial charge < -0.3 is 21.7 Å². The Morgan fingerprint density at radius 2 is 1.89 bits per heavy atom. The molecule has 0 aliphatic rings. The summed E-state index contributed by atoms with van der Waals surface area (Å²) in [6.07, 6.45) is 0. The molecule has 0 heterocycles. The molecule has 0 fully saturated rings. The zero-order valence-electron chi connectivity index (χ0n) is 11.8. The number of hydrogen-bond donors (Lipinski definition) is 3. The molecule has 0 unspecified atom stereocenters. The number of halogens is 2. The van der Waals surface area contributed by atoms with Gasteiger partial charge in [-0.3, -0.25) is 0 Å².